The highest BCUT2D eigenvalue weighted by molar-refractivity contribution is 9.10. The molecule has 1 fully saturated rings. The van der Waals surface area contributed by atoms with E-state index in [4.69, 9.17) is 9.73 Å². The number of hydrogen-bond donors (Lipinski definition) is 0. The van der Waals surface area contributed by atoms with Gasteiger partial charge >= 0.3 is 0 Å². The summed E-state index contributed by atoms with van der Waals surface area (Å²) in [4.78, 5) is 20.7. The molecule has 0 spiro atoms. The smallest absolute Gasteiger partial charge is 0.267 e. The molecule has 0 aliphatic carbocycles. The van der Waals surface area contributed by atoms with Gasteiger partial charge in [0.2, 0.25) is 0 Å². The number of amidine groups is 1. The summed E-state index contributed by atoms with van der Waals surface area (Å²) in [6.45, 7) is 0.896. The van der Waals surface area contributed by atoms with Gasteiger partial charge in [0.1, 0.15) is 12.4 Å². The molecule has 6 heteroatoms. The monoisotopic (exact) mass is 554 g/mol. The molecular formula is C30H23BrN2O2S. The Balaban J connectivity index is 1.43. The zero-order valence-electron chi connectivity index (χ0n) is 19.4. The molecule has 1 heterocycles. The fourth-order valence-electron chi connectivity index (χ4n) is 3.72. The van der Waals surface area contributed by atoms with E-state index >= 15 is 0 Å². The predicted octanol–water partition coefficient (Wildman–Crippen LogP) is 7.83. The van der Waals surface area contributed by atoms with Crippen LogP contribution in [0.5, 0.6) is 5.75 Å². The summed E-state index contributed by atoms with van der Waals surface area (Å²) in [5.41, 5.74) is 3.78. The number of para-hydroxylation sites is 2. The van der Waals surface area contributed by atoms with Gasteiger partial charge in [-0.3, -0.25) is 9.69 Å². The normalized spacial score (nSPS) is 15.6. The Morgan fingerprint density at radius 1 is 0.806 bits per heavy atom. The molecule has 1 aliphatic heterocycles. The fourth-order valence-corrected chi connectivity index (χ4v) is 4.98. The Morgan fingerprint density at radius 2 is 1.47 bits per heavy atom. The maximum absolute atomic E-state index is 13.5. The van der Waals surface area contributed by atoms with E-state index in [1.54, 1.807) is 4.90 Å². The molecule has 4 aromatic rings. The van der Waals surface area contributed by atoms with E-state index in [1.165, 1.54) is 11.8 Å². The largest absolute Gasteiger partial charge is 0.488 e. The van der Waals surface area contributed by atoms with E-state index in [1.807, 2.05) is 115 Å². The van der Waals surface area contributed by atoms with Crippen molar-refractivity contribution in [2.24, 2.45) is 4.99 Å². The highest BCUT2D eigenvalue weighted by Gasteiger charge is 2.33. The zero-order valence-corrected chi connectivity index (χ0v) is 21.8. The van der Waals surface area contributed by atoms with Crippen molar-refractivity contribution in [3.8, 4) is 5.75 Å². The van der Waals surface area contributed by atoms with Crippen molar-refractivity contribution in [1.82, 2.24) is 4.90 Å². The third-order valence-corrected chi connectivity index (χ3v) is 7.10. The first-order valence-corrected chi connectivity index (χ1v) is 13.1. The number of nitrogens with zero attached hydrogens (tertiary/aromatic N) is 2. The lowest BCUT2D eigenvalue weighted by molar-refractivity contribution is -0.122. The quantitative estimate of drug-likeness (QED) is 0.218. The van der Waals surface area contributed by atoms with E-state index < -0.39 is 0 Å². The van der Waals surface area contributed by atoms with Crippen LogP contribution in [0.2, 0.25) is 0 Å². The van der Waals surface area contributed by atoms with Gasteiger partial charge in [-0.15, -0.1) is 0 Å². The van der Waals surface area contributed by atoms with Crippen LogP contribution in [0.3, 0.4) is 0 Å². The molecule has 0 saturated carbocycles. The third-order valence-electron chi connectivity index (χ3n) is 5.57. The Labute approximate surface area is 223 Å². The first kappa shape index (κ1) is 24.1. The highest BCUT2D eigenvalue weighted by atomic mass is 79.9. The van der Waals surface area contributed by atoms with E-state index in [0.717, 1.165) is 32.6 Å². The molecule has 0 bridgehead atoms. The summed E-state index contributed by atoms with van der Waals surface area (Å²) in [5.74, 6) is 0.658. The molecule has 1 aliphatic rings. The topological polar surface area (TPSA) is 41.9 Å². The molecule has 0 radical (unpaired) electrons. The van der Waals surface area contributed by atoms with Gasteiger partial charge in [-0.1, -0.05) is 94.8 Å². The van der Waals surface area contributed by atoms with Crippen LogP contribution in [0.4, 0.5) is 5.69 Å². The van der Waals surface area contributed by atoms with Gasteiger partial charge in [-0.2, -0.15) is 0 Å². The maximum atomic E-state index is 13.5. The molecule has 36 heavy (non-hydrogen) atoms. The second kappa shape index (κ2) is 11.4. The zero-order chi connectivity index (χ0) is 24.7. The lowest BCUT2D eigenvalue weighted by Crippen LogP contribution is -2.28. The second-order valence-electron chi connectivity index (χ2n) is 8.17. The van der Waals surface area contributed by atoms with Crippen LogP contribution in [0.15, 0.2) is 124 Å². The van der Waals surface area contributed by atoms with Gasteiger partial charge in [-0.05, 0) is 59.3 Å². The van der Waals surface area contributed by atoms with E-state index in [9.17, 15) is 4.79 Å². The van der Waals surface area contributed by atoms with E-state index in [-0.39, 0.29) is 5.91 Å². The molecule has 0 unspecified atom stereocenters. The molecule has 1 amide bonds. The molecule has 5 rings (SSSR count). The van der Waals surface area contributed by atoms with Gasteiger partial charge in [0, 0.05) is 10.0 Å². The van der Waals surface area contributed by atoms with Crippen LogP contribution in [0.1, 0.15) is 16.7 Å². The number of rotatable bonds is 7. The summed E-state index contributed by atoms with van der Waals surface area (Å²) in [6, 6.07) is 35.5. The van der Waals surface area contributed by atoms with Crippen LogP contribution in [-0.2, 0) is 17.9 Å². The number of carbonyl (C=O) groups excluding carboxylic acids is 1. The standard InChI is InChI=1S/C30H23BrN2O2S/c31-25-17-15-23(16-18-25)21-35-27-14-8-7-11-24(27)19-28-29(34)33(20-22-9-3-1-4-10-22)30(36-28)32-26-12-5-2-6-13-26/h1-19H,20-21H2. The average Bonchev–Trinajstić information content (AvgIpc) is 3.19. The summed E-state index contributed by atoms with van der Waals surface area (Å²) in [7, 11) is 0. The SMILES string of the molecule is O=C1C(=Cc2ccccc2OCc2ccc(Br)cc2)SC(=Nc2ccccc2)N1Cc1ccccc1. The number of thioether (sulfide) groups is 1. The van der Waals surface area contributed by atoms with Crippen LogP contribution in [0, 0.1) is 0 Å². The summed E-state index contributed by atoms with van der Waals surface area (Å²) in [5, 5.41) is 0.662. The summed E-state index contributed by atoms with van der Waals surface area (Å²) >= 11 is 4.85. The van der Waals surface area contributed by atoms with Crippen molar-refractivity contribution in [2.45, 2.75) is 13.2 Å². The number of carbonyl (C=O) groups is 1. The minimum absolute atomic E-state index is 0.0683. The number of halogens is 1. The van der Waals surface area contributed by atoms with Gasteiger partial charge in [0.05, 0.1) is 17.1 Å². The van der Waals surface area contributed by atoms with E-state index in [2.05, 4.69) is 15.9 Å². The summed E-state index contributed by atoms with van der Waals surface area (Å²) in [6.07, 6.45) is 1.90. The van der Waals surface area contributed by atoms with Gasteiger partial charge < -0.3 is 4.74 Å². The van der Waals surface area contributed by atoms with E-state index in [0.29, 0.717) is 23.2 Å². The average molecular weight is 555 g/mol. The molecule has 4 aromatic carbocycles. The van der Waals surface area contributed by atoms with Crippen LogP contribution in [-0.4, -0.2) is 16.0 Å². The number of ether oxygens (including phenoxy) is 1. The Hall–Kier alpha value is -3.61. The maximum Gasteiger partial charge on any atom is 0.267 e. The van der Waals surface area contributed by atoms with Gasteiger partial charge in [-0.25, -0.2) is 4.99 Å². The highest BCUT2D eigenvalue weighted by Crippen LogP contribution is 2.36. The third kappa shape index (κ3) is 5.96. The van der Waals surface area contributed by atoms with Crippen molar-refractivity contribution >= 4 is 50.5 Å². The van der Waals surface area contributed by atoms with Gasteiger partial charge in [0.25, 0.3) is 5.91 Å². The number of amides is 1. The molecular weight excluding hydrogens is 532 g/mol. The Morgan fingerprint density at radius 3 is 2.22 bits per heavy atom. The lowest BCUT2D eigenvalue weighted by atomic mass is 10.1. The fraction of sp³-hybridized carbons (Fsp3) is 0.0667. The first-order chi connectivity index (χ1) is 17.7. The van der Waals surface area contributed by atoms with Crippen LogP contribution in [0.25, 0.3) is 6.08 Å². The minimum Gasteiger partial charge on any atom is -0.488 e. The Kier molecular flexibility index (Phi) is 7.64. The molecule has 4 nitrogen and oxygen atoms in total. The Bertz CT molecular complexity index is 1400. The lowest BCUT2D eigenvalue weighted by Gasteiger charge is -2.15. The summed E-state index contributed by atoms with van der Waals surface area (Å²) < 4.78 is 7.16. The predicted molar refractivity (Wildman–Crippen MR) is 151 cm³/mol. The molecule has 0 aromatic heterocycles. The number of hydrogen-bond acceptors (Lipinski definition) is 4. The van der Waals surface area contributed by atoms with Crippen molar-refractivity contribution in [3.05, 3.63) is 135 Å². The molecule has 0 N–H and O–H groups in total. The van der Waals surface area contributed by atoms with Crippen LogP contribution < -0.4 is 4.74 Å². The van der Waals surface area contributed by atoms with Gasteiger partial charge in [0.15, 0.2) is 5.17 Å². The number of aliphatic imine (C=N–C) groups is 1. The minimum atomic E-state index is -0.0683. The first-order valence-electron chi connectivity index (χ1n) is 11.5. The van der Waals surface area contributed by atoms with Crippen LogP contribution >= 0.6 is 27.7 Å². The molecule has 1 saturated heterocycles. The number of benzene rings is 4. The molecule has 0 atom stereocenters. The van der Waals surface area contributed by atoms with Crippen molar-refractivity contribution in [3.63, 3.8) is 0 Å². The van der Waals surface area contributed by atoms with Crippen molar-refractivity contribution in [2.75, 3.05) is 0 Å². The second-order valence-corrected chi connectivity index (χ2v) is 10.1. The van der Waals surface area contributed by atoms with Crippen molar-refractivity contribution < 1.29 is 9.53 Å². The van der Waals surface area contributed by atoms with Crippen molar-refractivity contribution in [1.29, 1.82) is 0 Å². The molecule has 178 valence electrons.